The van der Waals surface area contributed by atoms with Gasteiger partial charge in [0.15, 0.2) is 0 Å². The maximum atomic E-state index is 12.9. The predicted octanol–water partition coefficient (Wildman–Crippen LogP) is 3.86. The van der Waals surface area contributed by atoms with Gasteiger partial charge in [0.25, 0.3) is 0 Å². The fourth-order valence-electron chi connectivity index (χ4n) is 3.08. The molecule has 4 nitrogen and oxygen atoms in total. The van der Waals surface area contributed by atoms with E-state index < -0.39 is 0 Å². The largest absolute Gasteiger partial charge is 0.489 e. The maximum Gasteiger partial charge on any atom is 0.231 e. The molecule has 0 spiro atoms. The summed E-state index contributed by atoms with van der Waals surface area (Å²) in [6.07, 6.45) is 3.62. The monoisotopic (exact) mass is 338 g/mol. The molecule has 0 fully saturated rings. The molecule has 24 heavy (non-hydrogen) atoms. The van der Waals surface area contributed by atoms with Crippen LogP contribution in [0.15, 0.2) is 54.9 Å². The number of fused-ring (bicyclic) bond motifs is 2. The second-order valence-corrected chi connectivity index (χ2v) is 6.14. The highest BCUT2D eigenvalue weighted by molar-refractivity contribution is 6.31. The molecule has 0 aliphatic carbocycles. The van der Waals surface area contributed by atoms with Crippen LogP contribution >= 0.6 is 11.6 Å². The molecule has 1 aliphatic heterocycles. The Morgan fingerprint density at radius 3 is 3.04 bits per heavy atom. The van der Waals surface area contributed by atoms with E-state index >= 15 is 0 Å². The van der Waals surface area contributed by atoms with Gasteiger partial charge in [0.1, 0.15) is 18.0 Å². The van der Waals surface area contributed by atoms with Gasteiger partial charge in [-0.1, -0.05) is 35.9 Å². The number of aromatic nitrogens is 1. The van der Waals surface area contributed by atoms with Crippen molar-refractivity contribution in [1.29, 1.82) is 0 Å². The van der Waals surface area contributed by atoms with Crippen molar-refractivity contribution in [3.8, 4) is 5.75 Å². The zero-order valence-corrected chi connectivity index (χ0v) is 13.7. The Morgan fingerprint density at radius 1 is 1.25 bits per heavy atom. The number of carbonyl (C=O) groups excluding carboxylic acids is 1. The number of halogens is 1. The summed E-state index contributed by atoms with van der Waals surface area (Å²) < 4.78 is 5.59. The summed E-state index contributed by atoms with van der Waals surface area (Å²) in [6.45, 7) is 1.01. The van der Waals surface area contributed by atoms with Crippen LogP contribution in [0.2, 0.25) is 5.02 Å². The Balaban J connectivity index is 1.69. The van der Waals surface area contributed by atoms with Crippen LogP contribution in [0.3, 0.4) is 0 Å². The van der Waals surface area contributed by atoms with E-state index in [-0.39, 0.29) is 12.3 Å². The first-order chi connectivity index (χ1) is 11.7. The summed E-state index contributed by atoms with van der Waals surface area (Å²) in [5, 5.41) is 2.73. The van der Waals surface area contributed by atoms with Crippen molar-refractivity contribution in [3.05, 3.63) is 65.4 Å². The Hall–Kier alpha value is -2.59. The van der Waals surface area contributed by atoms with Crippen LogP contribution in [-0.2, 0) is 11.2 Å². The first-order valence-electron chi connectivity index (χ1n) is 7.77. The van der Waals surface area contributed by atoms with Gasteiger partial charge in [0, 0.05) is 17.3 Å². The minimum atomic E-state index is 0.0139. The van der Waals surface area contributed by atoms with Crippen molar-refractivity contribution in [1.82, 2.24) is 4.98 Å². The minimum absolute atomic E-state index is 0.0139. The lowest BCUT2D eigenvalue weighted by Crippen LogP contribution is -2.39. The van der Waals surface area contributed by atoms with E-state index in [2.05, 4.69) is 4.98 Å². The fourth-order valence-corrected chi connectivity index (χ4v) is 3.33. The molecule has 1 aliphatic rings. The molecule has 0 bridgehead atoms. The van der Waals surface area contributed by atoms with Gasteiger partial charge in [-0.25, -0.2) is 0 Å². The van der Waals surface area contributed by atoms with Crippen LogP contribution in [0, 0.1) is 0 Å². The van der Waals surface area contributed by atoms with E-state index in [1.54, 1.807) is 23.4 Å². The molecule has 1 amide bonds. The van der Waals surface area contributed by atoms with Gasteiger partial charge in [-0.05, 0) is 28.5 Å². The zero-order valence-electron chi connectivity index (χ0n) is 12.9. The molecule has 0 saturated carbocycles. The number of carbonyl (C=O) groups is 1. The van der Waals surface area contributed by atoms with Crippen LogP contribution in [0.1, 0.15) is 5.56 Å². The molecule has 2 aromatic carbocycles. The maximum absolute atomic E-state index is 12.9. The highest BCUT2D eigenvalue weighted by Crippen LogP contribution is 2.31. The van der Waals surface area contributed by atoms with E-state index in [0.29, 0.717) is 23.9 Å². The van der Waals surface area contributed by atoms with Crippen LogP contribution < -0.4 is 9.64 Å². The number of rotatable bonds is 2. The molecule has 0 radical (unpaired) electrons. The standard InChI is InChI=1S/C19H15ClN2O2/c20-15-9-13-3-1-2-4-16(13)14(10-15)11-19(23)22-7-8-24-18-5-6-21-12-17(18)22/h1-6,9-10,12H,7-8,11H2. The second kappa shape index (κ2) is 6.13. The SMILES string of the molecule is O=C(Cc1cc(Cl)cc2ccccc12)N1CCOc2ccncc21. The molecule has 1 aromatic heterocycles. The van der Waals surface area contributed by atoms with E-state index in [9.17, 15) is 4.79 Å². The summed E-state index contributed by atoms with van der Waals surface area (Å²) in [5.74, 6) is 0.709. The van der Waals surface area contributed by atoms with Gasteiger partial charge >= 0.3 is 0 Å². The zero-order chi connectivity index (χ0) is 16.5. The number of hydrogen-bond donors (Lipinski definition) is 0. The molecule has 4 rings (SSSR count). The van der Waals surface area contributed by atoms with Crippen molar-refractivity contribution < 1.29 is 9.53 Å². The van der Waals surface area contributed by atoms with E-state index in [4.69, 9.17) is 16.3 Å². The fraction of sp³-hybridized carbons (Fsp3) is 0.158. The van der Waals surface area contributed by atoms with Gasteiger partial charge in [-0.15, -0.1) is 0 Å². The Bertz CT molecular complexity index is 926. The van der Waals surface area contributed by atoms with Crippen LogP contribution in [0.5, 0.6) is 5.75 Å². The van der Waals surface area contributed by atoms with Crippen molar-refractivity contribution in [2.45, 2.75) is 6.42 Å². The van der Waals surface area contributed by atoms with Gasteiger partial charge in [0.2, 0.25) is 5.91 Å². The van der Waals surface area contributed by atoms with Gasteiger partial charge in [-0.3, -0.25) is 9.78 Å². The average molecular weight is 339 g/mol. The first kappa shape index (κ1) is 15.0. The molecule has 120 valence electrons. The quantitative estimate of drug-likeness (QED) is 0.712. The molecular formula is C19H15ClN2O2. The van der Waals surface area contributed by atoms with Crippen LogP contribution in [-0.4, -0.2) is 24.0 Å². The molecule has 0 N–H and O–H groups in total. The summed E-state index contributed by atoms with van der Waals surface area (Å²) >= 11 is 6.22. The summed E-state index contributed by atoms with van der Waals surface area (Å²) in [5.41, 5.74) is 1.65. The third-order valence-corrected chi connectivity index (χ3v) is 4.40. The Morgan fingerprint density at radius 2 is 2.12 bits per heavy atom. The number of amides is 1. The van der Waals surface area contributed by atoms with Crippen LogP contribution in [0.25, 0.3) is 10.8 Å². The Labute approximate surface area is 144 Å². The highest BCUT2D eigenvalue weighted by Gasteiger charge is 2.24. The van der Waals surface area contributed by atoms with Crippen molar-refractivity contribution in [2.24, 2.45) is 0 Å². The van der Waals surface area contributed by atoms with Gasteiger partial charge in [0.05, 0.1) is 19.2 Å². The van der Waals surface area contributed by atoms with E-state index in [0.717, 1.165) is 22.0 Å². The first-order valence-corrected chi connectivity index (χ1v) is 8.14. The lowest BCUT2D eigenvalue weighted by molar-refractivity contribution is -0.118. The van der Waals surface area contributed by atoms with Crippen LogP contribution in [0.4, 0.5) is 5.69 Å². The topological polar surface area (TPSA) is 42.4 Å². The molecule has 2 heterocycles. The van der Waals surface area contributed by atoms with E-state index in [1.165, 1.54) is 0 Å². The molecular weight excluding hydrogens is 324 g/mol. The van der Waals surface area contributed by atoms with E-state index in [1.807, 2.05) is 36.4 Å². The molecule has 5 heteroatoms. The third kappa shape index (κ3) is 2.69. The van der Waals surface area contributed by atoms with Crippen molar-refractivity contribution >= 4 is 34.0 Å². The van der Waals surface area contributed by atoms with Gasteiger partial charge < -0.3 is 9.64 Å². The second-order valence-electron chi connectivity index (χ2n) is 5.70. The summed E-state index contributed by atoms with van der Waals surface area (Å²) in [4.78, 5) is 18.7. The molecule has 0 atom stereocenters. The number of ether oxygens (including phenoxy) is 1. The number of anilines is 1. The number of pyridine rings is 1. The van der Waals surface area contributed by atoms with Gasteiger partial charge in [-0.2, -0.15) is 0 Å². The molecule has 0 saturated heterocycles. The number of hydrogen-bond acceptors (Lipinski definition) is 3. The van der Waals surface area contributed by atoms with Crippen molar-refractivity contribution in [2.75, 3.05) is 18.1 Å². The lowest BCUT2D eigenvalue weighted by atomic mass is 10.0. The lowest BCUT2D eigenvalue weighted by Gasteiger charge is -2.29. The summed E-state index contributed by atoms with van der Waals surface area (Å²) in [7, 11) is 0. The summed E-state index contributed by atoms with van der Waals surface area (Å²) in [6, 6.07) is 13.5. The number of nitrogens with zero attached hydrogens (tertiary/aromatic N) is 2. The smallest absolute Gasteiger partial charge is 0.231 e. The predicted molar refractivity (Wildman–Crippen MR) is 94.7 cm³/mol. The third-order valence-electron chi connectivity index (χ3n) is 4.18. The normalized spacial score (nSPS) is 13.5. The van der Waals surface area contributed by atoms with Crippen molar-refractivity contribution in [3.63, 3.8) is 0 Å². The minimum Gasteiger partial charge on any atom is -0.489 e. The molecule has 3 aromatic rings. The highest BCUT2D eigenvalue weighted by atomic mass is 35.5. The average Bonchev–Trinajstić information content (AvgIpc) is 2.61. The molecule has 0 unspecified atom stereocenters. The number of benzene rings is 2. The Kier molecular flexibility index (Phi) is 3.82.